The maximum absolute atomic E-state index is 15.1. The summed E-state index contributed by atoms with van der Waals surface area (Å²) >= 11 is 0. The predicted octanol–water partition coefficient (Wildman–Crippen LogP) is 3.19. The van der Waals surface area contributed by atoms with Crippen LogP contribution in [0.4, 0.5) is 27.9 Å². The fraction of sp³-hybridized carbons (Fsp3) is 0.381. The molecule has 1 aliphatic heterocycles. The van der Waals surface area contributed by atoms with E-state index in [9.17, 15) is 22.4 Å². The lowest BCUT2D eigenvalue weighted by molar-refractivity contribution is -0.140. The predicted molar refractivity (Wildman–Crippen MR) is 116 cm³/mol. The quantitative estimate of drug-likeness (QED) is 0.412. The van der Waals surface area contributed by atoms with Crippen molar-refractivity contribution in [3.05, 3.63) is 36.3 Å². The highest BCUT2D eigenvalue weighted by atomic mass is 19.3. The summed E-state index contributed by atoms with van der Waals surface area (Å²) in [6, 6.07) is -1.38. The van der Waals surface area contributed by atoms with Crippen molar-refractivity contribution in [3.8, 4) is 17.0 Å². The minimum atomic E-state index is -3.27. The van der Waals surface area contributed by atoms with Gasteiger partial charge in [-0.3, -0.25) is 9.20 Å². The van der Waals surface area contributed by atoms with E-state index in [-0.39, 0.29) is 47.2 Å². The molecule has 5 heterocycles. The number of amides is 1. The number of nitrogens with zero attached hydrogens (tertiary/aromatic N) is 7. The van der Waals surface area contributed by atoms with Gasteiger partial charge >= 0.3 is 0 Å². The number of methoxy groups -OCH3 is 1. The van der Waals surface area contributed by atoms with Crippen LogP contribution in [0.1, 0.15) is 25.5 Å². The molecule has 0 spiro atoms. The zero-order valence-corrected chi connectivity index (χ0v) is 18.9. The molecule has 0 aliphatic carbocycles. The van der Waals surface area contributed by atoms with Gasteiger partial charge in [0.25, 0.3) is 12.3 Å². The fourth-order valence-corrected chi connectivity index (χ4v) is 4.22. The standard InChI is InChI=1S/C21H19F5N8O2/c1-10(35)32-4-3-14(21(25,26)9-32)29-19-30-18(36-2)16-15(12(22)8-34(16)31-19)11-5-27-20-28-6-13(17(23)24)33(20)7-11/h5-8,14,17H,3-4,9H2,1-2H3,(H,29,31)/t14-/m1/s1. The van der Waals surface area contributed by atoms with Gasteiger partial charge in [0.2, 0.25) is 23.5 Å². The molecule has 5 rings (SSSR count). The number of carbonyl (C=O) groups is 1. The number of piperidine rings is 1. The van der Waals surface area contributed by atoms with Crippen molar-refractivity contribution >= 4 is 23.1 Å². The normalized spacial score (nSPS) is 17.8. The van der Waals surface area contributed by atoms with E-state index in [1.165, 1.54) is 26.4 Å². The molecule has 1 fully saturated rings. The Morgan fingerprint density at radius 3 is 2.67 bits per heavy atom. The summed E-state index contributed by atoms with van der Waals surface area (Å²) in [5.74, 6) is -4.90. The third-order valence-corrected chi connectivity index (χ3v) is 6.00. The minimum Gasteiger partial charge on any atom is -0.479 e. The Balaban J connectivity index is 1.54. The van der Waals surface area contributed by atoms with Crippen LogP contribution in [0.25, 0.3) is 22.4 Å². The molecule has 0 unspecified atom stereocenters. The van der Waals surface area contributed by atoms with E-state index in [0.717, 1.165) is 26.2 Å². The number of hydrogen-bond acceptors (Lipinski definition) is 7. The number of carbonyl (C=O) groups excluding carboxylic acids is 1. The highest BCUT2D eigenvalue weighted by molar-refractivity contribution is 5.84. The lowest BCUT2D eigenvalue weighted by Gasteiger charge is -2.38. The maximum Gasteiger partial charge on any atom is 0.285 e. The molecule has 4 aromatic rings. The van der Waals surface area contributed by atoms with Crippen LogP contribution in [0.5, 0.6) is 5.88 Å². The van der Waals surface area contributed by atoms with Crippen LogP contribution in [0, 0.1) is 5.82 Å². The molecular weight excluding hydrogens is 491 g/mol. The minimum absolute atomic E-state index is 0.00410. The molecule has 1 aliphatic rings. The monoisotopic (exact) mass is 510 g/mol. The van der Waals surface area contributed by atoms with Gasteiger partial charge in [-0.1, -0.05) is 0 Å². The molecule has 1 amide bonds. The van der Waals surface area contributed by atoms with E-state index in [0.29, 0.717) is 0 Å². The summed E-state index contributed by atoms with van der Waals surface area (Å²) in [5.41, 5.74) is -0.344. The van der Waals surface area contributed by atoms with Crippen molar-refractivity contribution in [2.24, 2.45) is 0 Å². The van der Waals surface area contributed by atoms with Crippen molar-refractivity contribution < 1.29 is 31.5 Å². The van der Waals surface area contributed by atoms with E-state index in [1.807, 2.05) is 0 Å². The van der Waals surface area contributed by atoms with Crippen LogP contribution in [-0.2, 0) is 4.79 Å². The second-order valence-corrected chi connectivity index (χ2v) is 8.27. The Morgan fingerprint density at radius 2 is 2.00 bits per heavy atom. The number of aromatic nitrogens is 6. The van der Waals surface area contributed by atoms with Gasteiger partial charge in [0, 0.05) is 31.4 Å². The summed E-state index contributed by atoms with van der Waals surface area (Å²) in [7, 11) is 1.26. The van der Waals surface area contributed by atoms with Gasteiger partial charge in [0.15, 0.2) is 5.82 Å². The number of halogens is 5. The maximum atomic E-state index is 15.1. The SMILES string of the molecule is COc1nc(N[C@@H]2CCN(C(C)=O)CC2(F)F)nn2cc(F)c(-c3cnc4ncc(C(F)F)n4c3)c12. The number of ether oxygens (including phenoxy) is 1. The van der Waals surface area contributed by atoms with E-state index in [4.69, 9.17) is 4.74 Å². The van der Waals surface area contributed by atoms with E-state index in [1.54, 1.807) is 0 Å². The van der Waals surface area contributed by atoms with Gasteiger partial charge in [0.05, 0.1) is 37.7 Å². The molecule has 0 radical (unpaired) electrons. The molecule has 0 saturated carbocycles. The molecule has 10 nitrogen and oxygen atoms in total. The van der Waals surface area contributed by atoms with Gasteiger partial charge in [-0.2, -0.15) is 4.98 Å². The lowest BCUT2D eigenvalue weighted by atomic mass is 10.0. The number of likely N-dealkylation sites (tertiary alicyclic amines) is 1. The highest BCUT2D eigenvalue weighted by Crippen LogP contribution is 2.35. The van der Waals surface area contributed by atoms with Crippen LogP contribution >= 0.6 is 0 Å². The molecular formula is C21H19F5N8O2. The van der Waals surface area contributed by atoms with Crippen molar-refractivity contribution in [1.29, 1.82) is 0 Å². The average molecular weight is 510 g/mol. The van der Waals surface area contributed by atoms with Crippen LogP contribution in [-0.4, -0.2) is 71.9 Å². The zero-order chi connectivity index (χ0) is 25.8. The molecule has 1 saturated heterocycles. The van der Waals surface area contributed by atoms with E-state index in [2.05, 4.69) is 25.4 Å². The van der Waals surface area contributed by atoms with Crippen LogP contribution in [0.15, 0.2) is 24.8 Å². The first-order valence-electron chi connectivity index (χ1n) is 10.7. The lowest BCUT2D eigenvalue weighted by Crippen LogP contribution is -2.55. The van der Waals surface area contributed by atoms with Crippen LogP contribution < -0.4 is 10.1 Å². The summed E-state index contributed by atoms with van der Waals surface area (Å²) in [6.07, 6.45) is 1.57. The molecule has 4 aromatic heterocycles. The fourth-order valence-electron chi connectivity index (χ4n) is 4.22. The Hall–Kier alpha value is -4.04. The summed E-state index contributed by atoms with van der Waals surface area (Å²) in [5, 5.41) is 6.67. The molecule has 36 heavy (non-hydrogen) atoms. The van der Waals surface area contributed by atoms with Gasteiger partial charge in [-0.25, -0.2) is 36.4 Å². The summed E-state index contributed by atoms with van der Waals surface area (Å²) in [6.45, 7) is 0.582. The number of fused-ring (bicyclic) bond motifs is 2. The van der Waals surface area contributed by atoms with E-state index < -0.39 is 42.4 Å². The van der Waals surface area contributed by atoms with Crippen molar-refractivity contribution in [3.63, 3.8) is 0 Å². The Bertz CT molecular complexity index is 1470. The first-order chi connectivity index (χ1) is 17.1. The number of hydrogen-bond donors (Lipinski definition) is 1. The molecule has 0 bridgehead atoms. The number of anilines is 1. The number of nitrogens with one attached hydrogen (secondary N) is 1. The molecule has 190 valence electrons. The molecule has 0 aromatic carbocycles. The first kappa shape index (κ1) is 23.7. The number of rotatable bonds is 5. The zero-order valence-electron chi connectivity index (χ0n) is 18.9. The molecule has 1 N–H and O–H groups in total. The Morgan fingerprint density at radius 1 is 1.25 bits per heavy atom. The third-order valence-electron chi connectivity index (χ3n) is 6.00. The van der Waals surface area contributed by atoms with Crippen molar-refractivity contribution in [2.45, 2.75) is 31.7 Å². The van der Waals surface area contributed by atoms with Crippen molar-refractivity contribution in [2.75, 3.05) is 25.5 Å². The first-order valence-corrected chi connectivity index (χ1v) is 10.7. The molecule has 1 atom stereocenters. The largest absolute Gasteiger partial charge is 0.479 e. The van der Waals surface area contributed by atoms with Crippen LogP contribution in [0.3, 0.4) is 0 Å². The summed E-state index contributed by atoms with van der Waals surface area (Å²) < 4.78 is 78.5. The third kappa shape index (κ3) is 3.93. The van der Waals surface area contributed by atoms with Crippen LogP contribution in [0.2, 0.25) is 0 Å². The number of alkyl halides is 4. The second-order valence-electron chi connectivity index (χ2n) is 8.27. The second kappa shape index (κ2) is 8.57. The highest BCUT2D eigenvalue weighted by Gasteiger charge is 2.46. The molecule has 15 heteroatoms. The van der Waals surface area contributed by atoms with Gasteiger partial charge in [-0.15, -0.1) is 5.10 Å². The van der Waals surface area contributed by atoms with Gasteiger partial charge < -0.3 is 15.0 Å². The number of imidazole rings is 1. The summed E-state index contributed by atoms with van der Waals surface area (Å²) in [4.78, 5) is 24.5. The van der Waals surface area contributed by atoms with E-state index >= 15 is 4.39 Å². The van der Waals surface area contributed by atoms with Crippen molar-refractivity contribution in [1.82, 2.24) is 33.9 Å². The smallest absolute Gasteiger partial charge is 0.285 e. The topological polar surface area (TPSA) is 102 Å². The van der Waals surface area contributed by atoms with Gasteiger partial charge in [0.1, 0.15) is 11.2 Å². The Kier molecular flexibility index (Phi) is 5.64. The van der Waals surface area contributed by atoms with Gasteiger partial charge in [-0.05, 0) is 6.42 Å². The Labute approximate surface area is 199 Å². The average Bonchev–Trinajstić information content (AvgIpc) is 3.39.